The Morgan fingerprint density at radius 2 is 2.26 bits per heavy atom. The van der Waals surface area contributed by atoms with Crippen LogP contribution in [0.5, 0.6) is 5.75 Å². The Morgan fingerprint density at radius 1 is 1.37 bits per heavy atom. The van der Waals surface area contributed by atoms with Gasteiger partial charge in [0.2, 0.25) is 0 Å². The summed E-state index contributed by atoms with van der Waals surface area (Å²) in [5.41, 5.74) is 0. The van der Waals surface area contributed by atoms with E-state index in [1.165, 1.54) is 0 Å². The molecule has 7 nitrogen and oxygen atoms in total. The van der Waals surface area contributed by atoms with Crippen molar-refractivity contribution >= 4 is 23.4 Å². The van der Waals surface area contributed by atoms with E-state index in [4.69, 9.17) is 16.3 Å². The number of guanidine groups is 1. The normalized spacial score (nSPS) is 17.0. The van der Waals surface area contributed by atoms with Gasteiger partial charge in [-0.15, -0.1) is 0 Å². The molecule has 1 saturated heterocycles. The summed E-state index contributed by atoms with van der Waals surface area (Å²) >= 11 is 6.26. The van der Waals surface area contributed by atoms with Crippen LogP contribution >= 0.6 is 11.6 Å². The third-order valence-electron chi connectivity index (χ3n) is 4.18. The predicted octanol–water partition coefficient (Wildman–Crippen LogP) is 2.34. The maximum Gasteiger partial charge on any atom is 0.191 e. The molecule has 1 atom stereocenters. The summed E-state index contributed by atoms with van der Waals surface area (Å²) in [5.74, 6) is 2.39. The molecule has 0 spiro atoms. The van der Waals surface area contributed by atoms with E-state index < -0.39 is 0 Å². The van der Waals surface area contributed by atoms with Crippen LogP contribution in [0, 0.1) is 0 Å². The van der Waals surface area contributed by atoms with Crippen molar-refractivity contribution in [2.45, 2.75) is 19.4 Å². The number of ether oxygens (including phenoxy) is 1. The van der Waals surface area contributed by atoms with E-state index in [1.54, 1.807) is 18.6 Å². The minimum Gasteiger partial charge on any atom is -0.490 e. The Morgan fingerprint density at radius 3 is 3.04 bits per heavy atom. The third-order valence-corrected chi connectivity index (χ3v) is 4.47. The lowest BCUT2D eigenvalue weighted by Gasteiger charge is -2.20. The lowest BCUT2D eigenvalue weighted by molar-refractivity contribution is 0.327. The molecular weight excluding hydrogens is 364 g/mol. The fourth-order valence-corrected chi connectivity index (χ4v) is 3.19. The Balaban J connectivity index is 1.49. The van der Waals surface area contributed by atoms with Gasteiger partial charge in [-0.3, -0.25) is 4.98 Å². The first kappa shape index (κ1) is 19.2. The summed E-state index contributed by atoms with van der Waals surface area (Å²) in [6.45, 7) is 5.68. The topological polar surface area (TPSA) is 74.7 Å². The van der Waals surface area contributed by atoms with Crippen molar-refractivity contribution in [3.8, 4) is 5.75 Å². The largest absolute Gasteiger partial charge is 0.490 e. The van der Waals surface area contributed by atoms with E-state index >= 15 is 0 Å². The fourth-order valence-electron chi connectivity index (χ4n) is 2.95. The Hall–Kier alpha value is -2.54. The number of hydrogen-bond donors (Lipinski definition) is 2. The minimum atomic E-state index is 0.292. The number of hydrogen-bond acceptors (Lipinski definition) is 5. The zero-order chi connectivity index (χ0) is 18.9. The third kappa shape index (κ3) is 5.72. The average Bonchev–Trinajstić information content (AvgIpc) is 3.15. The van der Waals surface area contributed by atoms with Crippen molar-refractivity contribution in [2.24, 2.45) is 4.99 Å². The van der Waals surface area contributed by atoms with Crippen molar-refractivity contribution in [2.75, 3.05) is 37.7 Å². The predicted molar refractivity (Wildman–Crippen MR) is 109 cm³/mol. The molecule has 3 rings (SSSR count). The highest BCUT2D eigenvalue weighted by atomic mass is 35.5. The number of aromatic nitrogens is 2. The molecule has 1 aliphatic heterocycles. The van der Waals surface area contributed by atoms with Gasteiger partial charge in [-0.2, -0.15) is 0 Å². The molecule has 2 aromatic heterocycles. The number of nitrogens with one attached hydrogen (secondary N) is 2. The summed E-state index contributed by atoms with van der Waals surface area (Å²) in [4.78, 5) is 15.2. The Labute approximate surface area is 164 Å². The number of aliphatic imine (C=N–C) groups is 1. The minimum absolute atomic E-state index is 0.292. The second kappa shape index (κ2) is 9.97. The molecular formula is C19H25ClN6O. The first-order valence-electron chi connectivity index (χ1n) is 9.19. The van der Waals surface area contributed by atoms with Gasteiger partial charge in [-0.05, 0) is 37.6 Å². The highest BCUT2D eigenvalue weighted by Crippen LogP contribution is 2.25. The van der Waals surface area contributed by atoms with Crippen molar-refractivity contribution in [1.29, 1.82) is 0 Å². The maximum atomic E-state index is 6.26. The molecule has 0 aliphatic carbocycles. The lowest BCUT2D eigenvalue weighted by atomic mass is 10.3. The molecule has 144 valence electrons. The molecule has 1 aliphatic rings. The quantitative estimate of drug-likeness (QED) is 0.431. The van der Waals surface area contributed by atoms with Gasteiger partial charge in [-0.25, -0.2) is 9.98 Å². The van der Waals surface area contributed by atoms with Gasteiger partial charge < -0.3 is 20.3 Å². The lowest BCUT2D eigenvalue weighted by Crippen LogP contribution is -2.44. The van der Waals surface area contributed by atoms with Crippen LogP contribution in [-0.2, 0) is 0 Å². The molecule has 0 radical (unpaired) electrons. The molecule has 0 bridgehead atoms. The van der Waals surface area contributed by atoms with Gasteiger partial charge in [0.25, 0.3) is 0 Å². The van der Waals surface area contributed by atoms with Crippen molar-refractivity contribution in [3.05, 3.63) is 47.9 Å². The SMILES string of the molecule is CCNC(=NCCOc1cccnc1)NC1CCN(c2ncccc2Cl)C1. The second-order valence-electron chi connectivity index (χ2n) is 6.18. The molecule has 27 heavy (non-hydrogen) atoms. The summed E-state index contributed by atoms with van der Waals surface area (Å²) in [5, 5.41) is 7.46. The number of nitrogens with zero attached hydrogens (tertiary/aromatic N) is 4. The maximum absolute atomic E-state index is 6.26. The summed E-state index contributed by atoms with van der Waals surface area (Å²) in [6.07, 6.45) is 6.20. The summed E-state index contributed by atoms with van der Waals surface area (Å²) in [6, 6.07) is 7.75. The zero-order valence-corrected chi connectivity index (χ0v) is 16.2. The van der Waals surface area contributed by atoms with Crippen molar-refractivity contribution in [1.82, 2.24) is 20.6 Å². The van der Waals surface area contributed by atoms with Crippen molar-refractivity contribution < 1.29 is 4.74 Å². The van der Waals surface area contributed by atoms with Crippen LogP contribution in [0.3, 0.4) is 0 Å². The van der Waals surface area contributed by atoms with Gasteiger partial charge in [0, 0.05) is 38.1 Å². The first-order chi connectivity index (χ1) is 13.3. The summed E-state index contributed by atoms with van der Waals surface area (Å²) in [7, 11) is 0. The highest BCUT2D eigenvalue weighted by Gasteiger charge is 2.25. The van der Waals surface area contributed by atoms with Crippen LogP contribution in [0.25, 0.3) is 0 Å². The van der Waals surface area contributed by atoms with Crippen molar-refractivity contribution in [3.63, 3.8) is 0 Å². The molecule has 2 aromatic rings. The van der Waals surface area contributed by atoms with Crippen LogP contribution in [-0.4, -0.2) is 54.8 Å². The molecule has 0 saturated carbocycles. The molecule has 0 aromatic carbocycles. The zero-order valence-electron chi connectivity index (χ0n) is 15.4. The molecule has 8 heteroatoms. The van der Waals surface area contributed by atoms with Crippen LogP contribution < -0.4 is 20.3 Å². The fraction of sp³-hybridized carbons (Fsp3) is 0.421. The Bertz CT molecular complexity index is 742. The summed E-state index contributed by atoms with van der Waals surface area (Å²) < 4.78 is 5.64. The standard InChI is InChI=1S/C19H25ClN6O/c1-2-22-19(24-10-12-27-16-5-3-8-21-13-16)25-15-7-11-26(14-15)18-17(20)6-4-9-23-18/h3-6,8-9,13,15H,2,7,10-12,14H2,1H3,(H2,22,24,25). The van der Waals surface area contributed by atoms with Crippen LogP contribution in [0.4, 0.5) is 5.82 Å². The molecule has 1 fully saturated rings. The smallest absolute Gasteiger partial charge is 0.191 e. The van der Waals surface area contributed by atoms with E-state index in [9.17, 15) is 0 Å². The molecule has 3 heterocycles. The van der Waals surface area contributed by atoms with Gasteiger partial charge in [0.05, 0.1) is 17.8 Å². The molecule has 1 unspecified atom stereocenters. The van der Waals surface area contributed by atoms with Gasteiger partial charge in [0.15, 0.2) is 5.96 Å². The molecule has 0 amide bonds. The van der Waals surface area contributed by atoms with Gasteiger partial charge in [0.1, 0.15) is 18.2 Å². The van der Waals surface area contributed by atoms with E-state index in [0.29, 0.717) is 24.2 Å². The number of halogens is 1. The van der Waals surface area contributed by atoms with E-state index in [0.717, 1.165) is 43.6 Å². The van der Waals surface area contributed by atoms with Crippen LogP contribution in [0.15, 0.2) is 47.8 Å². The number of anilines is 1. The van der Waals surface area contributed by atoms with E-state index in [-0.39, 0.29) is 0 Å². The van der Waals surface area contributed by atoms with E-state index in [1.807, 2.05) is 24.3 Å². The van der Waals surface area contributed by atoms with Gasteiger partial charge >= 0.3 is 0 Å². The monoisotopic (exact) mass is 388 g/mol. The van der Waals surface area contributed by atoms with Crippen LogP contribution in [0.1, 0.15) is 13.3 Å². The second-order valence-corrected chi connectivity index (χ2v) is 6.59. The van der Waals surface area contributed by atoms with E-state index in [2.05, 4.69) is 37.4 Å². The van der Waals surface area contributed by atoms with Gasteiger partial charge in [-0.1, -0.05) is 11.6 Å². The number of rotatable bonds is 7. The number of pyridine rings is 2. The molecule has 2 N–H and O–H groups in total. The Kier molecular flexibility index (Phi) is 7.10. The highest BCUT2D eigenvalue weighted by molar-refractivity contribution is 6.32. The van der Waals surface area contributed by atoms with Crippen LogP contribution in [0.2, 0.25) is 5.02 Å². The average molecular weight is 389 g/mol. The first-order valence-corrected chi connectivity index (χ1v) is 9.57.